The highest BCUT2D eigenvalue weighted by Crippen LogP contribution is 2.14. The van der Waals surface area contributed by atoms with Gasteiger partial charge in [0.05, 0.1) is 6.61 Å². The van der Waals surface area contributed by atoms with E-state index in [9.17, 15) is 9.59 Å². The second-order valence-corrected chi connectivity index (χ2v) is 5.90. The summed E-state index contributed by atoms with van der Waals surface area (Å²) in [5, 5.41) is 8.53. The van der Waals surface area contributed by atoms with Crippen LogP contribution in [0.15, 0.2) is 24.3 Å². The van der Waals surface area contributed by atoms with E-state index in [-0.39, 0.29) is 5.78 Å². The molecule has 0 spiro atoms. The maximum absolute atomic E-state index is 11.2. The maximum Gasteiger partial charge on any atom is 0.303 e. The molecule has 0 bridgehead atoms. The summed E-state index contributed by atoms with van der Waals surface area (Å²) in [7, 11) is 0. The molecule has 128 valence electrons. The molecule has 0 aromatic heterocycles. The van der Waals surface area contributed by atoms with E-state index in [1.807, 2.05) is 12.1 Å². The zero-order valence-corrected chi connectivity index (χ0v) is 14.1. The number of rotatable bonds is 13. The van der Waals surface area contributed by atoms with Crippen molar-refractivity contribution in [2.75, 3.05) is 6.61 Å². The number of carboxylic acid groups (broad SMARTS) is 1. The molecule has 0 atom stereocenters. The Balaban J connectivity index is 1.93. The first-order valence-electron chi connectivity index (χ1n) is 8.55. The Hall–Kier alpha value is -1.84. The first kappa shape index (κ1) is 19.2. The van der Waals surface area contributed by atoms with Gasteiger partial charge in [-0.05, 0) is 44.0 Å². The van der Waals surface area contributed by atoms with Gasteiger partial charge < -0.3 is 9.84 Å². The Kier molecular flexibility index (Phi) is 9.76. The van der Waals surface area contributed by atoms with Crippen molar-refractivity contribution in [3.05, 3.63) is 29.8 Å². The van der Waals surface area contributed by atoms with Crippen LogP contribution in [0.1, 0.15) is 75.1 Å². The average Bonchev–Trinajstić information content (AvgIpc) is 2.52. The van der Waals surface area contributed by atoms with Gasteiger partial charge in [0.1, 0.15) is 5.75 Å². The summed E-state index contributed by atoms with van der Waals surface area (Å²) in [6.07, 6.45) is 9.03. The zero-order chi connectivity index (χ0) is 16.9. The number of hydrogen-bond donors (Lipinski definition) is 1. The molecule has 4 nitrogen and oxygen atoms in total. The highest BCUT2D eigenvalue weighted by Gasteiger charge is 2.00. The maximum atomic E-state index is 11.2. The van der Waals surface area contributed by atoms with Crippen LogP contribution < -0.4 is 4.74 Å². The molecule has 1 aromatic carbocycles. The van der Waals surface area contributed by atoms with E-state index in [4.69, 9.17) is 9.84 Å². The van der Waals surface area contributed by atoms with Crippen LogP contribution in [0, 0.1) is 0 Å². The predicted octanol–water partition coefficient (Wildman–Crippen LogP) is 4.86. The standard InChI is InChI=1S/C19H28O4/c1-16(20)17-11-13-18(14-12-17)23-15-9-7-5-3-2-4-6-8-10-19(21)22/h11-14H,2-10,15H2,1H3,(H,21,22). The molecule has 0 aliphatic heterocycles. The third-order valence-electron chi connectivity index (χ3n) is 3.81. The van der Waals surface area contributed by atoms with Gasteiger partial charge in [-0.3, -0.25) is 9.59 Å². The summed E-state index contributed by atoms with van der Waals surface area (Å²) in [6.45, 7) is 2.26. The second-order valence-electron chi connectivity index (χ2n) is 5.90. The van der Waals surface area contributed by atoms with Gasteiger partial charge in [0, 0.05) is 12.0 Å². The summed E-state index contributed by atoms with van der Waals surface area (Å²) in [6, 6.07) is 7.27. The van der Waals surface area contributed by atoms with Crippen LogP contribution in [-0.4, -0.2) is 23.5 Å². The summed E-state index contributed by atoms with van der Waals surface area (Å²) >= 11 is 0. The molecular weight excluding hydrogens is 292 g/mol. The van der Waals surface area contributed by atoms with Crippen LogP contribution in [0.3, 0.4) is 0 Å². The fourth-order valence-corrected chi connectivity index (χ4v) is 2.41. The third-order valence-corrected chi connectivity index (χ3v) is 3.81. The molecule has 0 aliphatic carbocycles. The smallest absolute Gasteiger partial charge is 0.303 e. The average molecular weight is 320 g/mol. The molecule has 0 amide bonds. The topological polar surface area (TPSA) is 63.6 Å². The minimum atomic E-state index is -0.694. The fourth-order valence-electron chi connectivity index (χ4n) is 2.41. The number of unbranched alkanes of at least 4 members (excludes halogenated alkanes) is 7. The number of carboxylic acids is 1. The van der Waals surface area contributed by atoms with E-state index < -0.39 is 5.97 Å². The van der Waals surface area contributed by atoms with Gasteiger partial charge in [-0.2, -0.15) is 0 Å². The van der Waals surface area contributed by atoms with Crippen LogP contribution in [-0.2, 0) is 4.79 Å². The quantitative estimate of drug-likeness (QED) is 0.416. The lowest BCUT2D eigenvalue weighted by Crippen LogP contribution is -1.98. The van der Waals surface area contributed by atoms with Crippen LogP contribution in [0.5, 0.6) is 5.75 Å². The van der Waals surface area contributed by atoms with Gasteiger partial charge in [0.15, 0.2) is 5.78 Å². The van der Waals surface area contributed by atoms with E-state index in [1.165, 1.54) is 19.3 Å². The first-order valence-corrected chi connectivity index (χ1v) is 8.55. The lowest BCUT2D eigenvalue weighted by molar-refractivity contribution is -0.137. The fraction of sp³-hybridized carbons (Fsp3) is 0.579. The van der Waals surface area contributed by atoms with Crippen molar-refractivity contribution < 1.29 is 19.4 Å². The minimum absolute atomic E-state index is 0.0690. The van der Waals surface area contributed by atoms with Gasteiger partial charge in [-0.1, -0.05) is 38.5 Å². The largest absolute Gasteiger partial charge is 0.494 e. The third kappa shape index (κ3) is 9.72. The van der Waals surface area contributed by atoms with Gasteiger partial charge >= 0.3 is 5.97 Å². The summed E-state index contributed by atoms with van der Waals surface area (Å²) in [5.41, 5.74) is 0.709. The SMILES string of the molecule is CC(=O)c1ccc(OCCCCCCCCCCC(=O)O)cc1. The summed E-state index contributed by atoms with van der Waals surface area (Å²) < 4.78 is 5.66. The van der Waals surface area contributed by atoms with Crippen LogP contribution in [0.25, 0.3) is 0 Å². The van der Waals surface area contributed by atoms with E-state index in [0.717, 1.165) is 37.9 Å². The Bertz CT molecular complexity index is 465. The molecule has 4 heteroatoms. The number of benzene rings is 1. The van der Waals surface area contributed by atoms with Crippen molar-refractivity contribution in [2.45, 2.75) is 64.7 Å². The Morgan fingerprint density at radius 2 is 1.39 bits per heavy atom. The number of aliphatic carboxylic acids is 1. The predicted molar refractivity (Wildman–Crippen MR) is 91.1 cm³/mol. The van der Waals surface area contributed by atoms with Crippen molar-refractivity contribution in [2.24, 2.45) is 0 Å². The first-order chi connectivity index (χ1) is 11.1. The van der Waals surface area contributed by atoms with Crippen molar-refractivity contribution in [3.8, 4) is 5.75 Å². The van der Waals surface area contributed by atoms with Crippen LogP contribution >= 0.6 is 0 Å². The number of carbonyl (C=O) groups is 2. The zero-order valence-electron chi connectivity index (χ0n) is 14.1. The molecular formula is C19H28O4. The minimum Gasteiger partial charge on any atom is -0.494 e. The molecule has 1 N–H and O–H groups in total. The molecule has 0 fully saturated rings. The Labute approximate surface area is 138 Å². The van der Waals surface area contributed by atoms with E-state index >= 15 is 0 Å². The molecule has 0 aliphatic rings. The number of ether oxygens (including phenoxy) is 1. The number of hydrogen-bond acceptors (Lipinski definition) is 3. The van der Waals surface area contributed by atoms with E-state index in [1.54, 1.807) is 19.1 Å². The molecule has 0 unspecified atom stereocenters. The molecule has 0 heterocycles. The van der Waals surface area contributed by atoms with Crippen molar-refractivity contribution >= 4 is 11.8 Å². The van der Waals surface area contributed by atoms with Crippen LogP contribution in [0.4, 0.5) is 0 Å². The number of Topliss-reactive ketones (excluding diaryl/α,β-unsaturated/α-hetero) is 1. The summed E-state index contributed by atoms with van der Waals surface area (Å²) in [4.78, 5) is 21.5. The van der Waals surface area contributed by atoms with Gasteiger partial charge in [-0.25, -0.2) is 0 Å². The highest BCUT2D eigenvalue weighted by atomic mass is 16.5. The summed E-state index contributed by atoms with van der Waals surface area (Å²) in [5.74, 6) is 0.189. The number of carbonyl (C=O) groups excluding carboxylic acids is 1. The Morgan fingerprint density at radius 1 is 0.870 bits per heavy atom. The monoisotopic (exact) mass is 320 g/mol. The van der Waals surface area contributed by atoms with Crippen molar-refractivity contribution in [1.29, 1.82) is 0 Å². The molecule has 23 heavy (non-hydrogen) atoms. The van der Waals surface area contributed by atoms with Gasteiger partial charge in [0.25, 0.3) is 0 Å². The lowest BCUT2D eigenvalue weighted by atomic mass is 10.1. The van der Waals surface area contributed by atoms with Crippen molar-refractivity contribution in [1.82, 2.24) is 0 Å². The van der Waals surface area contributed by atoms with Gasteiger partial charge in [-0.15, -0.1) is 0 Å². The van der Waals surface area contributed by atoms with Crippen LogP contribution in [0.2, 0.25) is 0 Å². The van der Waals surface area contributed by atoms with Gasteiger partial charge in [0.2, 0.25) is 0 Å². The second kappa shape index (κ2) is 11.7. The number of ketones is 1. The molecule has 0 saturated carbocycles. The lowest BCUT2D eigenvalue weighted by Gasteiger charge is -2.06. The van der Waals surface area contributed by atoms with E-state index in [0.29, 0.717) is 18.6 Å². The molecule has 0 radical (unpaired) electrons. The Morgan fingerprint density at radius 3 is 1.91 bits per heavy atom. The normalized spacial score (nSPS) is 10.5. The highest BCUT2D eigenvalue weighted by molar-refractivity contribution is 5.94. The van der Waals surface area contributed by atoms with E-state index in [2.05, 4.69) is 0 Å². The molecule has 1 rings (SSSR count). The molecule has 0 saturated heterocycles. The molecule has 1 aromatic rings. The van der Waals surface area contributed by atoms with Crippen molar-refractivity contribution in [3.63, 3.8) is 0 Å².